The van der Waals surface area contributed by atoms with Crippen molar-refractivity contribution in [1.82, 2.24) is 0 Å². The van der Waals surface area contributed by atoms with Gasteiger partial charge in [-0.15, -0.1) is 0 Å². The van der Waals surface area contributed by atoms with Crippen LogP contribution in [0.4, 0.5) is 0 Å². The summed E-state index contributed by atoms with van der Waals surface area (Å²) in [5.41, 5.74) is 2.15. The molecule has 11 nitrogen and oxygen atoms in total. The second kappa shape index (κ2) is 17.5. The van der Waals surface area contributed by atoms with Crippen molar-refractivity contribution < 1.29 is 48.1 Å². The van der Waals surface area contributed by atoms with Crippen LogP contribution in [0, 0.1) is 29.6 Å². The molecular weight excluding hydrogens is 594 g/mol. The first-order valence-corrected chi connectivity index (χ1v) is 16.4. The molecule has 1 N–H and O–H groups in total. The Hall–Kier alpha value is -3.41. The van der Waals surface area contributed by atoms with E-state index in [0.717, 1.165) is 5.56 Å². The summed E-state index contributed by atoms with van der Waals surface area (Å²) in [6.07, 6.45) is 1.51. The number of hydrogen-bond acceptors (Lipinski definition) is 11. The first-order chi connectivity index (χ1) is 22.2. The quantitative estimate of drug-likeness (QED) is 0.217. The van der Waals surface area contributed by atoms with E-state index in [4.69, 9.17) is 23.8 Å². The molecule has 11 heteroatoms. The zero-order valence-corrected chi connectivity index (χ0v) is 27.1. The number of benzene rings is 1. The third kappa shape index (κ3) is 10.0. The van der Waals surface area contributed by atoms with Crippen LogP contribution in [0.5, 0.6) is 0 Å². The topological polar surface area (TPSA) is 147 Å². The van der Waals surface area contributed by atoms with E-state index >= 15 is 0 Å². The van der Waals surface area contributed by atoms with Gasteiger partial charge in [0.15, 0.2) is 5.78 Å². The number of nitrogens with zero attached hydrogens (tertiary/aromatic N) is 1. The van der Waals surface area contributed by atoms with E-state index < -0.39 is 24.1 Å². The summed E-state index contributed by atoms with van der Waals surface area (Å²) in [6.45, 7) is 7.27. The molecule has 0 bridgehead atoms. The van der Waals surface area contributed by atoms with E-state index in [1.165, 1.54) is 0 Å². The smallest absolute Gasteiger partial charge is 0.308 e. The zero-order valence-electron chi connectivity index (χ0n) is 27.1. The van der Waals surface area contributed by atoms with Gasteiger partial charge >= 0.3 is 11.9 Å². The number of hydrogen-bond donors (Lipinski definition) is 1. The van der Waals surface area contributed by atoms with Crippen LogP contribution >= 0.6 is 0 Å². The van der Waals surface area contributed by atoms with E-state index in [2.05, 4.69) is 5.16 Å². The Morgan fingerprint density at radius 1 is 1.11 bits per heavy atom. The highest BCUT2D eigenvalue weighted by molar-refractivity contribution is 6.08. The summed E-state index contributed by atoms with van der Waals surface area (Å²) >= 11 is 0. The molecule has 1 saturated carbocycles. The van der Waals surface area contributed by atoms with Gasteiger partial charge in [-0.05, 0) is 48.8 Å². The van der Waals surface area contributed by atoms with Crippen LogP contribution in [0.15, 0.2) is 47.1 Å². The molecule has 0 aromatic heterocycles. The van der Waals surface area contributed by atoms with Gasteiger partial charge < -0.3 is 28.9 Å². The fourth-order valence-corrected chi connectivity index (χ4v) is 6.19. The maximum atomic E-state index is 13.2. The number of fused-ring (bicyclic) bond motifs is 1. The van der Waals surface area contributed by atoms with Gasteiger partial charge in [0.25, 0.3) is 0 Å². The molecule has 1 aromatic carbocycles. The van der Waals surface area contributed by atoms with Crippen molar-refractivity contribution in [2.24, 2.45) is 34.7 Å². The lowest BCUT2D eigenvalue weighted by Gasteiger charge is -2.43. The van der Waals surface area contributed by atoms with Gasteiger partial charge in [-0.2, -0.15) is 0 Å². The van der Waals surface area contributed by atoms with Crippen LogP contribution in [0.3, 0.4) is 0 Å². The standard InChI is InChI=1S/C35H47NO10/c1-4-22(2)35(41)46-32-13-12-30(36-45-20-25-17-42-21-43-18-25)29-16-31(39)23(3)28(34(29)32)11-10-26(37)14-27(38)15-33(40)44-19-24-8-6-5-7-9-24/h5-9,16,22-23,25,27-28,32,34,38H,4,10-15,17-21H2,1-3H3. The molecule has 1 heterocycles. The monoisotopic (exact) mass is 641 g/mol. The normalized spacial score (nSPS) is 25.6. The number of carbonyl (C=O) groups excluding carboxylic acids is 4. The Balaban J connectivity index is 1.40. The Bertz CT molecular complexity index is 1260. The highest BCUT2D eigenvalue weighted by atomic mass is 16.7. The van der Waals surface area contributed by atoms with E-state index in [-0.39, 0.29) is 73.9 Å². The predicted molar refractivity (Wildman–Crippen MR) is 167 cm³/mol. The number of rotatable bonds is 15. The van der Waals surface area contributed by atoms with Crippen LogP contribution in [-0.2, 0) is 49.6 Å². The number of aliphatic hydroxyl groups is 1. The van der Waals surface area contributed by atoms with Gasteiger partial charge in [-0.1, -0.05) is 56.3 Å². The number of oxime groups is 1. The molecule has 3 aliphatic rings. The number of ketones is 2. The van der Waals surface area contributed by atoms with Crippen LogP contribution < -0.4 is 0 Å². The van der Waals surface area contributed by atoms with E-state index in [0.29, 0.717) is 56.8 Å². The lowest BCUT2D eigenvalue weighted by molar-refractivity contribution is -0.158. The number of aliphatic hydroxyl groups excluding tert-OH is 1. The molecule has 46 heavy (non-hydrogen) atoms. The molecular formula is C35H47NO10. The Labute approximate surface area is 270 Å². The van der Waals surface area contributed by atoms with E-state index in [1.54, 1.807) is 6.08 Å². The lowest BCUT2D eigenvalue weighted by Crippen LogP contribution is -2.46. The number of ether oxygens (including phenoxy) is 4. The maximum absolute atomic E-state index is 13.2. The van der Waals surface area contributed by atoms with E-state index in [9.17, 15) is 24.3 Å². The molecule has 6 unspecified atom stereocenters. The SMILES string of the molecule is CCC(C)C(=O)OC1CCC(=NOCC2COCOC2)C2=CC(=O)C(C)C(CCC(=O)CC(O)CC(=O)OCc3ccccc3)C21. The molecule has 6 atom stereocenters. The third-order valence-electron chi connectivity index (χ3n) is 9.11. The van der Waals surface area contributed by atoms with Crippen LogP contribution in [0.2, 0.25) is 0 Å². The summed E-state index contributed by atoms with van der Waals surface area (Å²) in [7, 11) is 0. The first-order valence-electron chi connectivity index (χ1n) is 16.4. The van der Waals surface area contributed by atoms with Crippen molar-refractivity contribution in [2.75, 3.05) is 26.6 Å². The summed E-state index contributed by atoms with van der Waals surface area (Å²) < 4.78 is 21.9. The van der Waals surface area contributed by atoms with Crippen molar-refractivity contribution in [3.05, 3.63) is 47.5 Å². The summed E-state index contributed by atoms with van der Waals surface area (Å²) in [6, 6.07) is 9.20. The Morgan fingerprint density at radius 2 is 1.85 bits per heavy atom. The van der Waals surface area contributed by atoms with Gasteiger partial charge in [0, 0.05) is 30.6 Å². The molecule has 1 aliphatic heterocycles. The van der Waals surface area contributed by atoms with Crippen molar-refractivity contribution in [3.63, 3.8) is 0 Å². The van der Waals surface area contributed by atoms with Gasteiger partial charge in [0.2, 0.25) is 0 Å². The molecule has 0 spiro atoms. The fourth-order valence-electron chi connectivity index (χ4n) is 6.19. The van der Waals surface area contributed by atoms with Crippen LogP contribution in [0.25, 0.3) is 0 Å². The minimum atomic E-state index is -1.17. The summed E-state index contributed by atoms with van der Waals surface area (Å²) in [4.78, 5) is 57.0. The number of esters is 2. The minimum absolute atomic E-state index is 0.0449. The van der Waals surface area contributed by atoms with Gasteiger partial charge in [0.05, 0.1) is 37.4 Å². The minimum Gasteiger partial charge on any atom is -0.461 e. The lowest BCUT2D eigenvalue weighted by atomic mass is 9.63. The molecule has 2 fully saturated rings. The molecule has 252 valence electrons. The predicted octanol–water partition coefficient (Wildman–Crippen LogP) is 4.34. The van der Waals surface area contributed by atoms with Gasteiger partial charge in [-0.3, -0.25) is 19.2 Å². The molecule has 0 radical (unpaired) electrons. The average Bonchev–Trinajstić information content (AvgIpc) is 3.05. The Morgan fingerprint density at radius 3 is 2.57 bits per heavy atom. The van der Waals surface area contributed by atoms with Crippen molar-refractivity contribution in [3.8, 4) is 0 Å². The van der Waals surface area contributed by atoms with Gasteiger partial charge in [-0.25, -0.2) is 0 Å². The van der Waals surface area contributed by atoms with Crippen LogP contribution in [0.1, 0.15) is 71.3 Å². The molecule has 0 amide bonds. The fraction of sp³-hybridized carbons (Fsp3) is 0.629. The number of carbonyl (C=O) groups is 4. The van der Waals surface area contributed by atoms with Crippen LogP contribution in [-0.4, -0.2) is 73.1 Å². The van der Waals surface area contributed by atoms with E-state index in [1.807, 2.05) is 51.1 Å². The van der Waals surface area contributed by atoms with Gasteiger partial charge in [0.1, 0.15) is 31.9 Å². The van der Waals surface area contributed by atoms with Crippen molar-refractivity contribution in [2.45, 2.75) is 84.5 Å². The second-order valence-electron chi connectivity index (χ2n) is 12.6. The van der Waals surface area contributed by atoms with Crippen molar-refractivity contribution in [1.29, 1.82) is 0 Å². The zero-order chi connectivity index (χ0) is 33.1. The first kappa shape index (κ1) is 35.4. The summed E-state index contributed by atoms with van der Waals surface area (Å²) in [5, 5.41) is 14.9. The maximum Gasteiger partial charge on any atom is 0.308 e. The molecule has 1 aromatic rings. The largest absolute Gasteiger partial charge is 0.461 e. The molecule has 2 aliphatic carbocycles. The molecule has 4 rings (SSSR count). The highest BCUT2D eigenvalue weighted by Crippen LogP contribution is 2.44. The van der Waals surface area contributed by atoms with Crippen molar-refractivity contribution >= 4 is 29.2 Å². The average molecular weight is 642 g/mol. The second-order valence-corrected chi connectivity index (χ2v) is 12.6. The number of Topliss-reactive ketones (excluding diaryl/α,β-unsaturated/α-hetero) is 1. The third-order valence-corrected chi connectivity index (χ3v) is 9.11. The molecule has 1 saturated heterocycles. The number of allylic oxidation sites excluding steroid dienone is 1. The highest BCUT2D eigenvalue weighted by Gasteiger charge is 2.47. The summed E-state index contributed by atoms with van der Waals surface area (Å²) in [5.74, 6) is -2.47. The Kier molecular flexibility index (Phi) is 13.5.